The van der Waals surface area contributed by atoms with Crippen molar-refractivity contribution in [3.63, 3.8) is 0 Å². The Morgan fingerprint density at radius 2 is 2.27 bits per heavy atom. The lowest BCUT2D eigenvalue weighted by molar-refractivity contribution is -0.142. The van der Waals surface area contributed by atoms with Crippen molar-refractivity contribution in [2.24, 2.45) is 0 Å². The first-order valence-electron chi connectivity index (χ1n) is 3.39. The van der Waals surface area contributed by atoms with E-state index in [0.717, 1.165) is 0 Å². The molecule has 0 heterocycles. The van der Waals surface area contributed by atoms with Crippen LogP contribution in [0.1, 0.15) is 20.3 Å². The molecule has 0 aromatic carbocycles. The van der Waals surface area contributed by atoms with Crippen molar-refractivity contribution in [2.45, 2.75) is 25.9 Å². The molecule has 0 aliphatic heterocycles. The molecule has 0 aliphatic rings. The van der Waals surface area contributed by atoms with Gasteiger partial charge in [-0.15, -0.1) is 11.6 Å². The zero-order valence-electron chi connectivity index (χ0n) is 6.76. The minimum atomic E-state index is -0.934. The van der Waals surface area contributed by atoms with E-state index < -0.39 is 5.60 Å². The van der Waals surface area contributed by atoms with Crippen LogP contribution >= 0.6 is 11.6 Å². The van der Waals surface area contributed by atoms with Gasteiger partial charge in [0.05, 0.1) is 18.1 Å². The van der Waals surface area contributed by atoms with Crippen molar-refractivity contribution < 1.29 is 14.6 Å². The van der Waals surface area contributed by atoms with Crippen LogP contribution in [0.5, 0.6) is 0 Å². The van der Waals surface area contributed by atoms with Crippen LogP contribution in [0, 0.1) is 0 Å². The predicted octanol–water partition coefficient (Wildman–Crippen LogP) is 0.929. The van der Waals surface area contributed by atoms with E-state index in [9.17, 15) is 9.90 Å². The van der Waals surface area contributed by atoms with E-state index in [0.29, 0.717) is 6.42 Å². The first-order valence-corrected chi connectivity index (χ1v) is 3.93. The molecule has 1 N–H and O–H groups in total. The first-order chi connectivity index (χ1) is 4.98. The maximum absolute atomic E-state index is 10.3. The van der Waals surface area contributed by atoms with Gasteiger partial charge in [-0.1, -0.05) is 0 Å². The predicted molar refractivity (Wildman–Crippen MR) is 42.6 cm³/mol. The van der Waals surface area contributed by atoms with E-state index in [4.69, 9.17) is 11.6 Å². The Hall–Kier alpha value is -0.280. The van der Waals surface area contributed by atoms with E-state index in [1.807, 2.05) is 0 Å². The fourth-order valence-corrected chi connectivity index (χ4v) is 0.615. The van der Waals surface area contributed by atoms with Crippen molar-refractivity contribution in [1.82, 2.24) is 0 Å². The van der Waals surface area contributed by atoms with Crippen LogP contribution < -0.4 is 0 Å². The Bertz CT molecular complexity index is 134. The zero-order chi connectivity index (χ0) is 8.91. The second kappa shape index (κ2) is 4.57. The van der Waals surface area contributed by atoms with Crippen molar-refractivity contribution in [2.75, 3.05) is 12.5 Å². The second-order valence-electron chi connectivity index (χ2n) is 2.72. The van der Waals surface area contributed by atoms with Gasteiger partial charge in [0.15, 0.2) is 0 Å². The first kappa shape index (κ1) is 10.7. The van der Waals surface area contributed by atoms with Gasteiger partial charge < -0.3 is 9.84 Å². The van der Waals surface area contributed by atoms with Gasteiger partial charge in [-0.3, -0.25) is 4.79 Å². The molecule has 11 heavy (non-hydrogen) atoms. The molecule has 0 rings (SSSR count). The van der Waals surface area contributed by atoms with Crippen molar-refractivity contribution >= 4 is 17.6 Å². The Morgan fingerprint density at radius 1 is 1.73 bits per heavy atom. The summed E-state index contributed by atoms with van der Waals surface area (Å²) in [5.41, 5.74) is -0.934. The molecule has 1 atom stereocenters. The summed E-state index contributed by atoms with van der Waals surface area (Å²) in [6.07, 6.45) is 0.371. The molecule has 3 nitrogen and oxygen atoms in total. The van der Waals surface area contributed by atoms with Gasteiger partial charge in [-0.25, -0.2) is 0 Å². The molecule has 0 amide bonds. The Kier molecular flexibility index (Phi) is 4.45. The van der Waals surface area contributed by atoms with Crippen LogP contribution in [0.2, 0.25) is 0 Å². The normalized spacial score (nSPS) is 15.6. The lowest BCUT2D eigenvalue weighted by Gasteiger charge is -2.18. The molecule has 0 fully saturated rings. The number of hydrogen-bond acceptors (Lipinski definition) is 3. The number of esters is 1. The van der Waals surface area contributed by atoms with E-state index >= 15 is 0 Å². The van der Waals surface area contributed by atoms with Gasteiger partial charge >= 0.3 is 5.97 Å². The summed E-state index contributed by atoms with van der Waals surface area (Å²) in [4.78, 5) is 10.3. The highest BCUT2D eigenvalue weighted by atomic mass is 35.5. The fraction of sp³-hybridized carbons (Fsp3) is 0.857. The highest BCUT2D eigenvalue weighted by Crippen LogP contribution is 2.10. The molecule has 66 valence electrons. The summed E-state index contributed by atoms with van der Waals surface area (Å²) >= 11 is 5.42. The number of aliphatic hydroxyl groups is 1. The molecule has 0 aliphatic carbocycles. The van der Waals surface area contributed by atoms with E-state index in [1.54, 1.807) is 6.92 Å². The molecule has 0 saturated carbocycles. The summed E-state index contributed by atoms with van der Waals surface area (Å²) in [5, 5.41) is 9.31. The molecule has 0 aromatic rings. The zero-order valence-corrected chi connectivity index (χ0v) is 7.52. The van der Waals surface area contributed by atoms with Gasteiger partial charge in [0, 0.05) is 13.3 Å². The Labute approximate surface area is 71.3 Å². The van der Waals surface area contributed by atoms with Crippen molar-refractivity contribution in [1.29, 1.82) is 0 Å². The van der Waals surface area contributed by atoms with Crippen molar-refractivity contribution in [3.05, 3.63) is 0 Å². The molecule has 1 unspecified atom stereocenters. The van der Waals surface area contributed by atoms with E-state index in [-0.39, 0.29) is 18.5 Å². The number of halogens is 1. The molecular weight excluding hydrogens is 168 g/mol. The molecule has 0 bridgehead atoms. The Morgan fingerprint density at radius 3 is 2.64 bits per heavy atom. The van der Waals surface area contributed by atoms with Gasteiger partial charge in [-0.05, 0) is 6.92 Å². The van der Waals surface area contributed by atoms with Crippen LogP contribution in [0.25, 0.3) is 0 Å². The minimum absolute atomic E-state index is 0.147. The van der Waals surface area contributed by atoms with Crippen LogP contribution in [-0.4, -0.2) is 29.2 Å². The molecule has 0 aromatic heterocycles. The third-order valence-electron chi connectivity index (χ3n) is 1.23. The SMILES string of the molecule is CC(=O)OCCC(C)(O)CCl. The molecule has 0 spiro atoms. The third-order valence-corrected chi connectivity index (χ3v) is 1.81. The van der Waals surface area contributed by atoms with Crippen LogP contribution in [-0.2, 0) is 9.53 Å². The average Bonchev–Trinajstić information content (AvgIpc) is 1.87. The second-order valence-corrected chi connectivity index (χ2v) is 2.99. The van der Waals surface area contributed by atoms with Gasteiger partial charge in [0.25, 0.3) is 0 Å². The van der Waals surface area contributed by atoms with Crippen molar-refractivity contribution in [3.8, 4) is 0 Å². The van der Waals surface area contributed by atoms with Crippen LogP contribution in [0.3, 0.4) is 0 Å². The van der Waals surface area contributed by atoms with Crippen LogP contribution in [0.15, 0.2) is 0 Å². The average molecular weight is 181 g/mol. The summed E-state index contributed by atoms with van der Waals surface area (Å²) in [7, 11) is 0. The van der Waals surface area contributed by atoms with Gasteiger partial charge in [-0.2, -0.15) is 0 Å². The minimum Gasteiger partial charge on any atom is -0.466 e. The summed E-state index contributed by atoms with van der Waals surface area (Å²) < 4.78 is 4.62. The topological polar surface area (TPSA) is 46.5 Å². The Balaban J connectivity index is 3.45. The lowest BCUT2D eigenvalue weighted by Crippen LogP contribution is -2.28. The lowest BCUT2D eigenvalue weighted by atomic mass is 10.1. The molecular formula is C7H13ClO3. The maximum atomic E-state index is 10.3. The molecule has 4 heteroatoms. The highest BCUT2D eigenvalue weighted by molar-refractivity contribution is 6.18. The summed E-state index contributed by atoms with van der Waals surface area (Å²) in [6.45, 7) is 3.15. The monoisotopic (exact) mass is 180 g/mol. The number of alkyl halides is 1. The van der Waals surface area contributed by atoms with E-state index in [1.165, 1.54) is 6.92 Å². The summed E-state index contributed by atoms with van der Waals surface area (Å²) in [6, 6.07) is 0. The third kappa shape index (κ3) is 6.13. The number of ether oxygens (including phenoxy) is 1. The smallest absolute Gasteiger partial charge is 0.302 e. The number of carbonyl (C=O) groups is 1. The van der Waals surface area contributed by atoms with Crippen LogP contribution in [0.4, 0.5) is 0 Å². The quantitative estimate of drug-likeness (QED) is 0.517. The van der Waals surface area contributed by atoms with Gasteiger partial charge in [0.1, 0.15) is 0 Å². The fourth-order valence-electron chi connectivity index (χ4n) is 0.481. The highest BCUT2D eigenvalue weighted by Gasteiger charge is 2.18. The number of hydrogen-bond donors (Lipinski definition) is 1. The number of carbonyl (C=O) groups excluding carboxylic acids is 1. The summed E-state index contributed by atoms with van der Waals surface area (Å²) in [5.74, 6) is -0.191. The van der Waals surface area contributed by atoms with E-state index in [2.05, 4.69) is 4.74 Å². The number of rotatable bonds is 4. The maximum Gasteiger partial charge on any atom is 0.302 e. The molecule has 0 saturated heterocycles. The standard InChI is InChI=1S/C7H13ClO3/c1-6(9)11-4-3-7(2,10)5-8/h10H,3-5H2,1-2H3. The van der Waals surface area contributed by atoms with Gasteiger partial charge in [0.2, 0.25) is 0 Å². The molecule has 0 radical (unpaired) electrons. The largest absolute Gasteiger partial charge is 0.466 e.